The molecule has 0 aliphatic rings. The van der Waals surface area contributed by atoms with Gasteiger partial charge in [0.2, 0.25) is 0 Å². The van der Waals surface area contributed by atoms with Gasteiger partial charge in [0.25, 0.3) is 0 Å². The number of ether oxygens (including phenoxy) is 1. The fourth-order valence-corrected chi connectivity index (χ4v) is 1.42. The Hall–Kier alpha value is -1.22. The quantitative estimate of drug-likeness (QED) is 0.596. The van der Waals surface area contributed by atoms with E-state index >= 15 is 0 Å². The number of benzene rings is 1. The Morgan fingerprint density at radius 1 is 1.57 bits per heavy atom. The van der Waals surface area contributed by atoms with Crippen LogP contribution in [0.15, 0.2) is 12.1 Å². The van der Waals surface area contributed by atoms with E-state index in [9.17, 15) is 0 Å². The van der Waals surface area contributed by atoms with Crippen LogP contribution in [0, 0.1) is 12.3 Å². The molecule has 0 unspecified atom stereocenters. The monoisotopic (exact) mass is 212 g/mol. The standard InChI is InChI=1S/C10H13ClN2O/c1-6-3-9(14-2)7(4-8(6)11)5-10(12)13/h3-4H,5H2,1-2H3,(H3,12,13). The molecule has 14 heavy (non-hydrogen) atoms. The topological polar surface area (TPSA) is 59.1 Å². The zero-order valence-corrected chi connectivity index (χ0v) is 8.98. The minimum absolute atomic E-state index is 0.100. The number of rotatable bonds is 3. The number of halogens is 1. The lowest BCUT2D eigenvalue weighted by Crippen LogP contribution is -2.13. The van der Waals surface area contributed by atoms with E-state index in [-0.39, 0.29) is 5.84 Å². The van der Waals surface area contributed by atoms with Gasteiger partial charge in [0.1, 0.15) is 5.75 Å². The van der Waals surface area contributed by atoms with Crippen molar-refractivity contribution >= 4 is 17.4 Å². The summed E-state index contributed by atoms with van der Waals surface area (Å²) in [5.74, 6) is 0.824. The first kappa shape index (κ1) is 10.9. The third-order valence-corrected chi connectivity index (χ3v) is 2.35. The molecule has 1 aromatic carbocycles. The summed E-state index contributed by atoms with van der Waals surface area (Å²) >= 11 is 5.96. The molecular weight excluding hydrogens is 200 g/mol. The summed E-state index contributed by atoms with van der Waals surface area (Å²) in [5.41, 5.74) is 7.12. The molecule has 0 saturated carbocycles. The molecule has 0 spiro atoms. The van der Waals surface area contributed by atoms with E-state index in [1.807, 2.05) is 13.0 Å². The van der Waals surface area contributed by atoms with Crippen LogP contribution in [0.25, 0.3) is 0 Å². The van der Waals surface area contributed by atoms with Gasteiger partial charge in [-0.3, -0.25) is 5.41 Å². The first-order valence-corrected chi connectivity index (χ1v) is 4.58. The highest BCUT2D eigenvalue weighted by molar-refractivity contribution is 6.31. The Morgan fingerprint density at radius 2 is 2.21 bits per heavy atom. The van der Waals surface area contributed by atoms with Crippen LogP contribution in [-0.4, -0.2) is 12.9 Å². The molecule has 1 rings (SSSR count). The van der Waals surface area contributed by atoms with Crippen LogP contribution in [-0.2, 0) is 6.42 Å². The summed E-state index contributed by atoms with van der Waals surface area (Å²) in [4.78, 5) is 0. The molecule has 1 aromatic rings. The maximum absolute atomic E-state index is 7.21. The second-order valence-electron chi connectivity index (χ2n) is 3.12. The lowest BCUT2D eigenvalue weighted by atomic mass is 10.1. The van der Waals surface area contributed by atoms with Crippen LogP contribution >= 0.6 is 11.6 Å². The molecule has 0 radical (unpaired) electrons. The van der Waals surface area contributed by atoms with E-state index in [0.717, 1.165) is 16.9 Å². The Morgan fingerprint density at radius 3 is 2.71 bits per heavy atom. The van der Waals surface area contributed by atoms with E-state index in [1.54, 1.807) is 13.2 Å². The highest BCUT2D eigenvalue weighted by Crippen LogP contribution is 2.26. The molecule has 0 aliphatic heterocycles. The molecule has 0 aliphatic carbocycles. The number of hydrogen-bond acceptors (Lipinski definition) is 2. The van der Waals surface area contributed by atoms with E-state index in [0.29, 0.717) is 11.4 Å². The molecule has 0 atom stereocenters. The molecule has 0 fully saturated rings. The van der Waals surface area contributed by atoms with E-state index in [4.69, 9.17) is 27.5 Å². The first-order chi connectivity index (χ1) is 6.54. The summed E-state index contributed by atoms with van der Waals surface area (Å²) in [5, 5.41) is 7.88. The van der Waals surface area contributed by atoms with Crippen LogP contribution in [0.3, 0.4) is 0 Å². The van der Waals surface area contributed by atoms with Gasteiger partial charge in [-0.2, -0.15) is 0 Å². The van der Waals surface area contributed by atoms with Crippen molar-refractivity contribution < 1.29 is 4.74 Å². The second kappa shape index (κ2) is 4.33. The van der Waals surface area contributed by atoms with Crippen molar-refractivity contribution in [2.24, 2.45) is 5.73 Å². The van der Waals surface area contributed by atoms with Crippen molar-refractivity contribution in [3.8, 4) is 5.75 Å². The SMILES string of the molecule is COc1cc(C)c(Cl)cc1CC(=N)N. The summed E-state index contributed by atoms with van der Waals surface area (Å²) in [6.45, 7) is 1.91. The Labute approximate surface area is 88.3 Å². The van der Waals surface area contributed by atoms with Gasteiger partial charge in [0, 0.05) is 17.0 Å². The molecular formula is C10H13ClN2O. The summed E-state index contributed by atoms with van der Waals surface area (Å²) < 4.78 is 5.17. The van der Waals surface area contributed by atoms with Gasteiger partial charge < -0.3 is 10.5 Å². The average molecular weight is 213 g/mol. The van der Waals surface area contributed by atoms with Gasteiger partial charge in [-0.1, -0.05) is 11.6 Å². The number of nitrogens with two attached hydrogens (primary N) is 1. The third kappa shape index (κ3) is 2.39. The molecule has 0 amide bonds. The minimum Gasteiger partial charge on any atom is -0.496 e. The summed E-state index contributed by atoms with van der Waals surface area (Å²) in [6, 6.07) is 3.64. The largest absolute Gasteiger partial charge is 0.496 e. The molecule has 0 aromatic heterocycles. The third-order valence-electron chi connectivity index (χ3n) is 1.94. The van der Waals surface area contributed by atoms with Gasteiger partial charge in [-0.25, -0.2) is 0 Å². The number of nitrogens with one attached hydrogen (secondary N) is 1. The molecule has 3 nitrogen and oxygen atoms in total. The Bertz CT molecular complexity index is 363. The molecule has 3 N–H and O–H groups in total. The summed E-state index contributed by atoms with van der Waals surface area (Å²) in [7, 11) is 1.59. The van der Waals surface area contributed by atoms with Crippen molar-refractivity contribution in [3.63, 3.8) is 0 Å². The number of amidine groups is 1. The van der Waals surface area contributed by atoms with Crippen molar-refractivity contribution in [2.75, 3.05) is 7.11 Å². The van der Waals surface area contributed by atoms with Crippen LogP contribution in [0.4, 0.5) is 0 Å². The Kier molecular flexibility index (Phi) is 3.36. The van der Waals surface area contributed by atoms with E-state index in [1.165, 1.54) is 0 Å². The second-order valence-corrected chi connectivity index (χ2v) is 3.52. The van der Waals surface area contributed by atoms with Crippen molar-refractivity contribution in [1.82, 2.24) is 0 Å². The highest BCUT2D eigenvalue weighted by Gasteiger charge is 2.07. The van der Waals surface area contributed by atoms with Crippen molar-refractivity contribution in [3.05, 3.63) is 28.3 Å². The van der Waals surface area contributed by atoms with Gasteiger partial charge in [0.15, 0.2) is 0 Å². The maximum Gasteiger partial charge on any atom is 0.122 e. The normalized spacial score (nSPS) is 9.93. The number of aryl methyl sites for hydroxylation is 1. The fourth-order valence-electron chi connectivity index (χ4n) is 1.23. The molecule has 0 bridgehead atoms. The maximum atomic E-state index is 7.21. The predicted octanol–water partition coefficient (Wildman–Crippen LogP) is 2.14. The van der Waals surface area contributed by atoms with Gasteiger partial charge >= 0.3 is 0 Å². The molecule has 4 heteroatoms. The molecule has 76 valence electrons. The van der Waals surface area contributed by atoms with Gasteiger partial charge in [-0.15, -0.1) is 0 Å². The van der Waals surface area contributed by atoms with E-state index < -0.39 is 0 Å². The van der Waals surface area contributed by atoms with Gasteiger partial charge in [-0.05, 0) is 24.6 Å². The van der Waals surface area contributed by atoms with Crippen molar-refractivity contribution in [2.45, 2.75) is 13.3 Å². The van der Waals surface area contributed by atoms with Crippen molar-refractivity contribution in [1.29, 1.82) is 5.41 Å². The minimum atomic E-state index is 0.100. The smallest absolute Gasteiger partial charge is 0.122 e. The van der Waals surface area contributed by atoms with Crippen LogP contribution in [0.1, 0.15) is 11.1 Å². The van der Waals surface area contributed by atoms with Crippen LogP contribution in [0.2, 0.25) is 5.02 Å². The predicted molar refractivity (Wildman–Crippen MR) is 58.4 cm³/mol. The summed E-state index contributed by atoms with van der Waals surface area (Å²) in [6.07, 6.45) is 0.364. The number of hydrogen-bond donors (Lipinski definition) is 2. The van der Waals surface area contributed by atoms with E-state index in [2.05, 4.69) is 0 Å². The molecule has 0 saturated heterocycles. The number of methoxy groups -OCH3 is 1. The zero-order chi connectivity index (χ0) is 10.7. The Balaban J connectivity index is 3.13. The van der Waals surface area contributed by atoms with Gasteiger partial charge in [0.05, 0.1) is 12.9 Å². The molecule has 0 heterocycles. The highest BCUT2D eigenvalue weighted by atomic mass is 35.5. The lowest BCUT2D eigenvalue weighted by molar-refractivity contribution is 0.410. The first-order valence-electron chi connectivity index (χ1n) is 4.20. The van der Waals surface area contributed by atoms with Crippen LogP contribution in [0.5, 0.6) is 5.75 Å². The average Bonchev–Trinajstić information content (AvgIpc) is 2.10. The zero-order valence-electron chi connectivity index (χ0n) is 8.23. The fraction of sp³-hybridized carbons (Fsp3) is 0.300. The lowest BCUT2D eigenvalue weighted by Gasteiger charge is -2.10. The van der Waals surface area contributed by atoms with Crippen LogP contribution < -0.4 is 10.5 Å².